The molecule has 2 bridgehead atoms. The maximum Gasteiger partial charge on any atom is 0.264 e. The number of aromatic nitrogens is 2. The molecule has 3 heterocycles. The number of methoxy groups -OCH3 is 1. The van der Waals surface area contributed by atoms with Gasteiger partial charge < -0.3 is 18.9 Å². The van der Waals surface area contributed by atoms with Crippen molar-refractivity contribution in [3.8, 4) is 5.75 Å². The van der Waals surface area contributed by atoms with Crippen molar-refractivity contribution in [1.82, 2.24) is 14.3 Å². The summed E-state index contributed by atoms with van der Waals surface area (Å²) >= 11 is 6.47. The molecule has 3 aromatic rings. The van der Waals surface area contributed by atoms with Gasteiger partial charge in [-0.3, -0.25) is 4.79 Å². The summed E-state index contributed by atoms with van der Waals surface area (Å²) in [6.07, 6.45) is 11.0. The first kappa shape index (κ1) is 33.4. The zero-order valence-electron chi connectivity index (χ0n) is 28.4. The van der Waals surface area contributed by atoms with Crippen molar-refractivity contribution in [2.45, 2.75) is 81.5 Å². The first-order valence-corrected chi connectivity index (χ1v) is 19.3. The number of anilines is 1. The summed E-state index contributed by atoms with van der Waals surface area (Å²) in [5, 5.41) is -0.0123. The van der Waals surface area contributed by atoms with E-state index in [1.807, 2.05) is 44.6 Å². The third kappa shape index (κ3) is 5.71. The number of amides is 1. The summed E-state index contributed by atoms with van der Waals surface area (Å²) in [6, 6.07) is 11.6. The van der Waals surface area contributed by atoms with Gasteiger partial charge in [-0.15, -0.1) is 0 Å². The third-order valence-corrected chi connectivity index (χ3v) is 14.2. The van der Waals surface area contributed by atoms with Gasteiger partial charge in [0.1, 0.15) is 17.2 Å². The van der Waals surface area contributed by atoms with Crippen molar-refractivity contribution >= 4 is 33.2 Å². The molecule has 1 amide bonds. The van der Waals surface area contributed by atoms with E-state index in [1.54, 1.807) is 20.1 Å². The summed E-state index contributed by atoms with van der Waals surface area (Å²) in [5.41, 5.74) is 2.77. The Hall–Kier alpha value is -3.08. The van der Waals surface area contributed by atoms with Gasteiger partial charge >= 0.3 is 0 Å². The Balaban J connectivity index is 1.35. The molecular formula is C37H47ClN4O5S. The summed E-state index contributed by atoms with van der Waals surface area (Å²) in [4.78, 5) is 20.8. The van der Waals surface area contributed by atoms with Gasteiger partial charge in [0, 0.05) is 55.6 Å². The van der Waals surface area contributed by atoms with E-state index < -0.39 is 26.8 Å². The SMILES string of the molecule is CO[C@]1(c2nccn2C)CCC[C@H](C)[C@@H](C)S(=O)(=O)NC(=O)c2ccc3c(c2)N(C[C@@H]2CC[C@H]21)C[C@@]1(CCCc2cc(Cl)ccc21)CO3. The Morgan fingerprint density at radius 1 is 1.08 bits per heavy atom. The molecule has 1 aromatic heterocycles. The lowest BCUT2D eigenvalue weighted by Crippen LogP contribution is -2.53. The highest BCUT2D eigenvalue weighted by molar-refractivity contribution is 7.90. The van der Waals surface area contributed by atoms with E-state index in [4.69, 9.17) is 26.1 Å². The molecule has 0 radical (unpaired) electrons. The zero-order valence-corrected chi connectivity index (χ0v) is 29.9. The molecule has 6 atom stereocenters. The Bertz CT molecular complexity index is 1810. The molecular weight excluding hydrogens is 648 g/mol. The van der Waals surface area contributed by atoms with E-state index in [0.717, 1.165) is 68.0 Å². The number of sulfonamides is 1. The van der Waals surface area contributed by atoms with Gasteiger partial charge in [-0.2, -0.15) is 0 Å². The van der Waals surface area contributed by atoms with Crippen LogP contribution in [0.1, 0.15) is 86.1 Å². The predicted octanol–water partition coefficient (Wildman–Crippen LogP) is 6.38. The molecule has 2 aliphatic heterocycles. The van der Waals surface area contributed by atoms with Crippen LogP contribution in [0.3, 0.4) is 0 Å². The van der Waals surface area contributed by atoms with E-state index >= 15 is 0 Å². The van der Waals surface area contributed by atoms with Crippen LogP contribution in [0.5, 0.6) is 5.75 Å². The summed E-state index contributed by atoms with van der Waals surface area (Å²) < 4.78 is 44.7. The van der Waals surface area contributed by atoms with Crippen molar-refractivity contribution in [2.75, 3.05) is 31.7 Å². The van der Waals surface area contributed by atoms with Crippen molar-refractivity contribution in [1.29, 1.82) is 0 Å². The van der Waals surface area contributed by atoms with Crippen LogP contribution in [-0.4, -0.2) is 55.9 Å². The van der Waals surface area contributed by atoms with E-state index in [2.05, 4.69) is 26.3 Å². The van der Waals surface area contributed by atoms with Gasteiger partial charge in [-0.1, -0.05) is 24.6 Å². The highest BCUT2D eigenvalue weighted by Crippen LogP contribution is 2.53. The fraction of sp³-hybridized carbons (Fsp3) is 0.568. The van der Waals surface area contributed by atoms with Crippen LogP contribution in [-0.2, 0) is 39.2 Å². The number of rotatable bonds is 2. The van der Waals surface area contributed by atoms with Gasteiger partial charge in [0.2, 0.25) is 10.0 Å². The van der Waals surface area contributed by atoms with Gasteiger partial charge in [0.15, 0.2) is 0 Å². The van der Waals surface area contributed by atoms with Crippen molar-refractivity contribution in [3.05, 3.63) is 76.3 Å². The van der Waals surface area contributed by atoms with Crippen LogP contribution in [0.4, 0.5) is 5.69 Å². The molecule has 1 fully saturated rings. The third-order valence-electron chi connectivity index (χ3n) is 12.1. The molecule has 1 saturated carbocycles. The van der Waals surface area contributed by atoms with E-state index in [9.17, 15) is 13.2 Å². The highest BCUT2D eigenvalue weighted by Gasteiger charge is 2.52. The molecule has 258 valence electrons. The molecule has 9 nitrogen and oxygen atoms in total. The number of nitrogens with zero attached hydrogens (tertiary/aromatic N) is 3. The lowest BCUT2D eigenvalue weighted by atomic mass is 9.62. The van der Waals surface area contributed by atoms with Crippen LogP contribution >= 0.6 is 11.6 Å². The second-order valence-electron chi connectivity index (χ2n) is 14.7. The van der Waals surface area contributed by atoms with E-state index in [-0.39, 0.29) is 17.3 Å². The fourth-order valence-electron chi connectivity index (χ4n) is 9.03. The van der Waals surface area contributed by atoms with Gasteiger partial charge in [-0.05, 0) is 118 Å². The number of halogens is 1. The lowest BCUT2D eigenvalue weighted by molar-refractivity contribution is -0.129. The largest absolute Gasteiger partial charge is 0.490 e. The number of hydrogen-bond donors (Lipinski definition) is 1. The monoisotopic (exact) mass is 694 g/mol. The van der Waals surface area contributed by atoms with Gasteiger partial charge in [-0.25, -0.2) is 18.1 Å². The Labute approximate surface area is 289 Å². The molecule has 4 aliphatic rings. The fourth-order valence-corrected chi connectivity index (χ4v) is 10.5. The van der Waals surface area contributed by atoms with E-state index in [1.165, 1.54) is 11.1 Å². The van der Waals surface area contributed by atoms with E-state index in [0.29, 0.717) is 36.8 Å². The number of hydrogen-bond acceptors (Lipinski definition) is 7. The normalized spacial score (nSPS) is 31.9. The molecule has 2 aliphatic carbocycles. The molecule has 1 N–H and O–H groups in total. The van der Waals surface area contributed by atoms with Crippen LogP contribution in [0.15, 0.2) is 48.8 Å². The number of carbonyl (C=O) groups excluding carboxylic acids is 1. The average Bonchev–Trinajstić information content (AvgIpc) is 3.42. The first-order valence-electron chi connectivity index (χ1n) is 17.4. The predicted molar refractivity (Wildman–Crippen MR) is 187 cm³/mol. The lowest BCUT2D eigenvalue weighted by Gasteiger charge is -2.51. The zero-order chi connectivity index (χ0) is 33.8. The molecule has 48 heavy (non-hydrogen) atoms. The minimum atomic E-state index is -3.93. The Morgan fingerprint density at radius 3 is 2.65 bits per heavy atom. The number of ether oxygens (including phenoxy) is 2. The highest BCUT2D eigenvalue weighted by atomic mass is 35.5. The smallest absolute Gasteiger partial charge is 0.264 e. The van der Waals surface area contributed by atoms with Crippen molar-refractivity contribution < 1.29 is 22.7 Å². The molecule has 0 saturated heterocycles. The number of carbonyl (C=O) groups is 1. The Kier molecular flexibility index (Phi) is 8.82. The molecule has 1 spiro atoms. The summed E-state index contributed by atoms with van der Waals surface area (Å²) in [6.45, 7) is 5.60. The minimum Gasteiger partial charge on any atom is -0.490 e. The van der Waals surface area contributed by atoms with Crippen LogP contribution in [0.25, 0.3) is 0 Å². The van der Waals surface area contributed by atoms with Crippen LogP contribution in [0.2, 0.25) is 5.02 Å². The second-order valence-corrected chi connectivity index (χ2v) is 17.2. The molecule has 11 heteroatoms. The number of nitrogens with one attached hydrogen (secondary N) is 1. The quantitative estimate of drug-likeness (QED) is 0.332. The molecule has 0 unspecified atom stereocenters. The minimum absolute atomic E-state index is 0.170. The standard InChI is InChI=1S/C37H47ClN4O5S/c1-24-7-5-16-37(46-4,35-39-17-18-41(35)3)31-12-9-28(31)21-42-22-36(15-6-8-26-19-29(38)11-13-30(26)36)23-47-33-14-10-27(20-32(33)42)34(43)40-48(44,45)25(24)2/h10-11,13-14,17-20,24-25,28,31H,5-9,12,15-16,21-23H2,1-4H3,(H,40,43)/t24-,25+,28-,31+,36-,37+/m0/s1. The summed E-state index contributed by atoms with van der Waals surface area (Å²) in [7, 11) is -0.108. The maximum atomic E-state index is 13.6. The number of aryl methyl sites for hydroxylation is 2. The average molecular weight is 695 g/mol. The molecule has 7 rings (SSSR count). The second kappa shape index (κ2) is 12.7. The topological polar surface area (TPSA) is 103 Å². The first-order chi connectivity index (χ1) is 23.0. The van der Waals surface area contributed by atoms with Gasteiger partial charge in [0.25, 0.3) is 5.91 Å². The molecule has 2 aromatic carbocycles. The van der Waals surface area contributed by atoms with Crippen LogP contribution in [0, 0.1) is 17.8 Å². The van der Waals surface area contributed by atoms with Crippen LogP contribution < -0.4 is 14.4 Å². The number of fused-ring (bicyclic) bond motifs is 4. The van der Waals surface area contributed by atoms with Crippen molar-refractivity contribution in [3.63, 3.8) is 0 Å². The number of benzene rings is 2. The Morgan fingerprint density at radius 2 is 1.92 bits per heavy atom. The van der Waals surface area contributed by atoms with Crippen molar-refractivity contribution in [2.24, 2.45) is 24.8 Å². The summed E-state index contributed by atoms with van der Waals surface area (Å²) in [5.74, 6) is 1.35. The van der Waals surface area contributed by atoms with Gasteiger partial charge in [0.05, 0.1) is 17.5 Å². The number of imidazole rings is 1. The maximum absolute atomic E-state index is 13.6.